The lowest BCUT2D eigenvalue weighted by Crippen LogP contribution is -2.40. The molecule has 1 aromatic heterocycles. The van der Waals surface area contributed by atoms with Crippen LogP contribution in [0.3, 0.4) is 0 Å². The Morgan fingerprint density at radius 3 is 2.69 bits per heavy atom. The molecule has 1 aliphatic rings. The molecule has 1 aromatic carbocycles. The molecule has 0 spiro atoms. The van der Waals surface area contributed by atoms with Crippen LogP contribution in [-0.2, 0) is 11.3 Å². The second kappa shape index (κ2) is 8.85. The maximum absolute atomic E-state index is 12.1. The highest BCUT2D eigenvalue weighted by atomic mass is 16.4. The van der Waals surface area contributed by atoms with Crippen molar-refractivity contribution in [3.8, 4) is 11.3 Å². The summed E-state index contributed by atoms with van der Waals surface area (Å²) in [6, 6.07) is 10.0. The number of likely N-dealkylation sites (N-methyl/N-ethyl adjacent to an activating group) is 1. The molecule has 6 heteroatoms. The minimum Gasteiger partial charge on any atom is -0.408 e. The summed E-state index contributed by atoms with van der Waals surface area (Å²) in [5, 5.41) is 2.90. The lowest BCUT2D eigenvalue weighted by Gasteiger charge is -2.31. The van der Waals surface area contributed by atoms with Gasteiger partial charge in [-0.1, -0.05) is 49.6 Å². The average Bonchev–Trinajstić information content (AvgIpc) is 3.03. The molecule has 0 saturated heterocycles. The number of hydrogen-bond donors (Lipinski definition) is 1. The van der Waals surface area contributed by atoms with Crippen LogP contribution in [0.2, 0.25) is 0 Å². The first kappa shape index (κ1) is 18.5. The van der Waals surface area contributed by atoms with Crippen molar-refractivity contribution in [1.82, 2.24) is 14.8 Å². The highest BCUT2D eigenvalue weighted by Gasteiger charge is 2.17. The number of rotatable bonds is 7. The van der Waals surface area contributed by atoms with Crippen molar-refractivity contribution in [3.05, 3.63) is 47.1 Å². The molecule has 0 aliphatic heterocycles. The Labute approximate surface area is 153 Å². The van der Waals surface area contributed by atoms with Gasteiger partial charge in [-0.15, -0.1) is 0 Å². The molecule has 1 amide bonds. The Kier molecular flexibility index (Phi) is 6.28. The van der Waals surface area contributed by atoms with E-state index in [4.69, 9.17) is 4.42 Å². The third kappa shape index (κ3) is 4.85. The molecule has 140 valence electrons. The van der Waals surface area contributed by atoms with Crippen molar-refractivity contribution >= 4 is 5.91 Å². The van der Waals surface area contributed by atoms with Gasteiger partial charge < -0.3 is 14.6 Å². The minimum absolute atomic E-state index is 0.0255. The van der Waals surface area contributed by atoms with E-state index in [0.29, 0.717) is 18.3 Å². The molecule has 0 atom stereocenters. The topological polar surface area (TPSA) is 67.5 Å². The number of hydrogen-bond acceptors (Lipinski definition) is 4. The molecule has 3 rings (SSSR count). The van der Waals surface area contributed by atoms with E-state index < -0.39 is 5.76 Å². The normalized spacial score (nSPS) is 15.3. The van der Waals surface area contributed by atoms with E-state index in [9.17, 15) is 9.59 Å². The van der Waals surface area contributed by atoms with E-state index in [1.54, 1.807) is 6.20 Å². The Morgan fingerprint density at radius 1 is 1.23 bits per heavy atom. The molecule has 2 aromatic rings. The lowest BCUT2D eigenvalue weighted by atomic mass is 9.94. The number of nitrogens with zero attached hydrogens (tertiary/aromatic N) is 2. The molecule has 1 N–H and O–H groups in total. The van der Waals surface area contributed by atoms with Gasteiger partial charge in [-0.25, -0.2) is 4.79 Å². The zero-order chi connectivity index (χ0) is 18.4. The average molecular weight is 357 g/mol. The molecule has 0 bridgehead atoms. The summed E-state index contributed by atoms with van der Waals surface area (Å²) in [7, 11) is 2.12. The summed E-state index contributed by atoms with van der Waals surface area (Å²) in [6.07, 6.45) is 8.02. The Bertz CT molecular complexity index is 760. The van der Waals surface area contributed by atoms with Gasteiger partial charge in [0, 0.05) is 24.7 Å². The van der Waals surface area contributed by atoms with Gasteiger partial charge in [0.15, 0.2) is 5.76 Å². The largest absolute Gasteiger partial charge is 0.419 e. The van der Waals surface area contributed by atoms with E-state index >= 15 is 0 Å². The molecule has 0 unspecified atom stereocenters. The van der Waals surface area contributed by atoms with Crippen LogP contribution in [0.25, 0.3) is 11.3 Å². The number of carbonyl (C=O) groups excluding carboxylic acids is 1. The lowest BCUT2D eigenvalue weighted by molar-refractivity contribution is -0.121. The van der Waals surface area contributed by atoms with Crippen LogP contribution < -0.4 is 11.1 Å². The predicted octanol–water partition coefficient (Wildman–Crippen LogP) is 2.49. The van der Waals surface area contributed by atoms with Crippen LogP contribution >= 0.6 is 0 Å². The first-order valence-corrected chi connectivity index (χ1v) is 9.36. The van der Waals surface area contributed by atoms with Gasteiger partial charge in [-0.3, -0.25) is 9.36 Å². The predicted molar refractivity (Wildman–Crippen MR) is 101 cm³/mol. The van der Waals surface area contributed by atoms with Gasteiger partial charge in [0.2, 0.25) is 5.91 Å². The van der Waals surface area contributed by atoms with Crippen molar-refractivity contribution in [1.29, 1.82) is 0 Å². The van der Waals surface area contributed by atoms with E-state index in [1.165, 1.54) is 36.7 Å². The number of aromatic nitrogens is 1. The highest BCUT2D eigenvalue weighted by Crippen LogP contribution is 2.21. The van der Waals surface area contributed by atoms with Crippen LogP contribution in [0.5, 0.6) is 0 Å². The Balaban J connectivity index is 1.47. The Hall–Kier alpha value is -2.34. The van der Waals surface area contributed by atoms with Crippen molar-refractivity contribution < 1.29 is 9.21 Å². The third-order valence-corrected chi connectivity index (χ3v) is 5.06. The molecule has 1 fully saturated rings. The smallest absolute Gasteiger partial charge is 0.408 e. The maximum atomic E-state index is 12.1. The molecule has 6 nitrogen and oxygen atoms in total. The molecule has 1 aliphatic carbocycles. The SMILES string of the molecule is CN(CCNC(=O)Cn1cc(-c2ccccc2)oc1=O)C1CCCCC1. The van der Waals surface area contributed by atoms with E-state index in [1.807, 2.05) is 30.3 Å². The van der Waals surface area contributed by atoms with Crippen LogP contribution in [0, 0.1) is 0 Å². The van der Waals surface area contributed by atoms with Gasteiger partial charge >= 0.3 is 5.76 Å². The summed E-state index contributed by atoms with van der Waals surface area (Å²) in [5.74, 6) is -0.219. The maximum Gasteiger partial charge on any atom is 0.419 e. The zero-order valence-electron chi connectivity index (χ0n) is 15.3. The number of oxazole rings is 1. The van der Waals surface area contributed by atoms with E-state index in [-0.39, 0.29) is 12.5 Å². The summed E-state index contributed by atoms with van der Waals surface area (Å²) in [6.45, 7) is 1.39. The number of amides is 1. The number of nitrogens with one attached hydrogen (secondary N) is 1. The summed E-state index contributed by atoms with van der Waals surface area (Å²) < 4.78 is 6.55. The summed E-state index contributed by atoms with van der Waals surface area (Å²) in [4.78, 5) is 26.4. The zero-order valence-corrected chi connectivity index (χ0v) is 15.3. The minimum atomic E-state index is -0.515. The monoisotopic (exact) mass is 357 g/mol. The molecule has 0 radical (unpaired) electrons. The quantitative estimate of drug-likeness (QED) is 0.827. The fourth-order valence-corrected chi connectivity index (χ4v) is 3.51. The van der Waals surface area contributed by atoms with E-state index in [0.717, 1.165) is 12.1 Å². The van der Waals surface area contributed by atoms with E-state index in [2.05, 4.69) is 17.3 Å². The van der Waals surface area contributed by atoms with Crippen LogP contribution in [0.4, 0.5) is 0 Å². The van der Waals surface area contributed by atoms with Crippen LogP contribution in [-0.4, -0.2) is 41.6 Å². The molecular weight excluding hydrogens is 330 g/mol. The molecule has 1 heterocycles. The second-order valence-corrected chi connectivity index (χ2v) is 6.98. The molecular formula is C20H27N3O3. The molecule has 1 saturated carbocycles. The Morgan fingerprint density at radius 2 is 1.96 bits per heavy atom. The van der Waals surface area contributed by atoms with Crippen molar-refractivity contribution in [2.45, 2.75) is 44.7 Å². The fourth-order valence-electron chi connectivity index (χ4n) is 3.51. The fraction of sp³-hybridized carbons (Fsp3) is 0.500. The number of carbonyl (C=O) groups is 1. The first-order valence-electron chi connectivity index (χ1n) is 9.36. The molecule has 26 heavy (non-hydrogen) atoms. The third-order valence-electron chi connectivity index (χ3n) is 5.06. The van der Waals surface area contributed by atoms with Gasteiger partial charge in [0.1, 0.15) is 6.54 Å². The summed E-state index contributed by atoms with van der Waals surface area (Å²) >= 11 is 0. The van der Waals surface area contributed by atoms with Crippen LogP contribution in [0.1, 0.15) is 32.1 Å². The van der Waals surface area contributed by atoms with Gasteiger partial charge in [0.05, 0.1) is 6.20 Å². The van der Waals surface area contributed by atoms with Gasteiger partial charge in [0.25, 0.3) is 0 Å². The van der Waals surface area contributed by atoms with Gasteiger partial charge in [-0.2, -0.15) is 0 Å². The first-order chi connectivity index (χ1) is 12.6. The van der Waals surface area contributed by atoms with Crippen LogP contribution in [0.15, 0.2) is 45.7 Å². The van der Waals surface area contributed by atoms with Crippen molar-refractivity contribution in [2.75, 3.05) is 20.1 Å². The van der Waals surface area contributed by atoms with Crippen molar-refractivity contribution in [3.63, 3.8) is 0 Å². The summed E-state index contributed by atoms with van der Waals surface area (Å²) in [5.41, 5.74) is 0.817. The second-order valence-electron chi connectivity index (χ2n) is 6.98. The van der Waals surface area contributed by atoms with Crippen molar-refractivity contribution in [2.24, 2.45) is 0 Å². The number of benzene rings is 1. The standard InChI is InChI=1S/C20H27N3O3/c1-22(17-10-6-3-7-11-17)13-12-21-19(24)15-23-14-18(26-20(23)25)16-8-4-2-5-9-16/h2,4-5,8-9,14,17H,3,6-7,10-13,15H2,1H3,(H,21,24). The highest BCUT2D eigenvalue weighted by molar-refractivity contribution is 5.75. The van der Waals surface area contributed by atoms with Gasteiger partial charge in [-0.05, 0) is 19.9 Å².